The van der Waals surface area contributed by atoms with E-state index in [0.29, 0.717) is 23.2 Å². The third kappa shape index (κ3) is 5.69. The van der Waals surface area contributed by atoms with Gasteiger partial charge in [0.2, 0.25) is 0 Å². The summed E-state index contributed by atoms with van der Waals surface area (Å²) >= 11 is 1.36. The van der Waals surface area contributed by atoms with E-state index in [0.717, 1.165) is 43.1 Å². The number of benzene rings is 1. The van der Waals surface area contributed by atoms with Crippen molar-refractivity contribution < 1.29 is 19.1 Å². The van der Waals surface area contributed by atoms with E-state index in [9.17, 15) is 9.59 Å². The van der Waals surface area contributed by atoms with E-state index >= 15 is 0 Å². The highest BCUT2D eigenvalue weighted by Crippen LogP contribution is 2.31. The molecule has 11 heteroatoms. The van der Waals surface area contributed by atoms with Gasteiger partial charge in [-0.1, -0.05) is 11.3 Å². The van der Waals surface area contributed by atoms with Crippen molar-refractivity contribution in [2.24, 2.45) is 0 Å². The van der Waals surface area contributed by atoms with Gasteiger partial charge in [0.15, 0.2) is 5.13 Å². The van der Waals surface area contributed by atoms with Gasteiger partial charge in [-0.2, -0.15) is 0 Å². The Bertz CT molecular complexity index is 1100. The highest BCUT2D eigenvalue weighted by molar-refractivity contribution is 7.22. The second kappa shape index (κ2) is 10.4. The first-order valence-corrected chi connectivity index (χ1v) is 11.0. The van der Waals surface area contributed by atoms with Gasteiger partial charge in [0.05, 0.1) is 23.4 Å². The zero-order valence-corrected chi connectivity index (χ0v) is 18.4. The number of hydrogen-bond acceptors (Lipinski definition) is 8. The summed E-state index contributed by atoms with van der Waals surface area (Å²) < 4.78 is 12.1. The highest BCUT2D eigenvalue weighted by atomic mass is 32.1. The summed E-state index contributed by atoms with van der Waals surface area (Å²) in [7, 11) is 1.55. The molecular weight excluding hydrogens is 432 g/mol. The van der Waals surface area contributed by atoms with Crippen LogP contribution in [-0.2, 0) is 4.74 Å². The number of rotatable bonds is 7. The number of urea groups is 1. The lowest BCUT2D eigenvalue weighted by atomic mass is 10.3. The lowest BCUT2D eigenvalue weighted by Gasteiger charge is -2.26. The van der Waals surface area contributed by atoms with Gasteiger partial charge in [-0.05, 0) is 18.2 Å². The molecule has 0 spiro atoms. The van der Waals surface area contributed by atoms with Crippen LogP contribution >= 0.6 is 11.3 Å². The molecular formula is C21H24N6O4S. The summed E-state index contributed by atoms with van der Waals surface area (Å²) in [6.07, 6.45) is 1.52. The van der Waals surface area contributed by atoms with Crippen LogP contribution in [0.15, 0.2) is 36.5 Å². The standard InChI is InChI=1S/C21H24N6O4S/c1-22-19(28)17-12-15(4-5-23-17)31-14-2-3-16-18(13-14)32-21(25-16)26-20(29)24-6-7-27-8-10-30-11-9-27/h2-5,12-13H,6-11H2,1H3,(H,22,28)(H2,24,25,26,29). The number of nitrogens with zero attached hydrogens (tertiary/aromatic N) is 3. The zero-order chi connectivity index (χ0) is 22.3. The van der Waals surface area contributed by atoms with E-state index in [1.54, 1.807) is 25.2 Å². The summed E-state index contributed by atoms with van der Waals surface area (Å²) in [5, 5.41) is 8.68. The first-order chi connectivity index (χ1) is 15.6. The van der Waals surface area contributed by atoms with Gasteiger partial charge >= 0.3 is 6.03 Å². The molecule has 1 fully saturated rings. The number of morpholine rings is 1. The van der Waals surface area contributed by atoms with Crippen molar-refractivity contribution in [3.05, 3.63) is 42.2 Å². The summed E-state index contributed by atoms with van der Waals surface area (Å²) in [6.45, 7) is 4.59. The average molecular weight is 457 g/mol. The SMILES string of the molecule is CNC(=O)c1cc(Oc2ccc3nc(NC(=O)NCCN4CCOCC4)sc3c2)ccn1. The minimum absolute atomic E-state index is 0.273. The third-order valence-corrected chi connectivity index (χ3v) is 5.76. The molecule has 3 aromatic rings. The molecule has 1 aliphatic heterocycles. The second-order valence-electron chi connectivity index (χ2n) is 7.04. The van der Waals surface area contributed by atoms with Crippen LogP contribution in [0.4, 0.5) is 9.93 Å². The summed E-state index contributed by atoms with van der Waals surface area (Å²) in [5.74, 6) is 0.810. The number of aromatic nitrogens is 2. The molecule has 3 N–H and O–H groups in total. The Morgan fingerprint density at radius 2 is 2.00 bits per heavy atom. The van der Waals surface area contributed by atoms with Gasteiger partial charge in [0, 0.05) is 51.6 Å². The first-order valence-electron chi connectivity index (χ1n) is 10.2. The Kier molecular flexibility index (Phi) is 7.10. The number of carbonyl (C=O) groups excluding carboxylic acids is 2. The quantitative estimate of drug-likeness (QED) is 0.499. The number of ether oxygens (including phenoxy) is 2. The van der Waals surface area contributed by atoms with Gasteiger partial charge in [0.1, 0.15) is 17.2 Å². The molecule has 10 nitrogen and oxygen atoms in total. The highest BCUT2D eigenvalue weighted by Gasteiger charge is 2.12. The molecule has 168 valence electrons. The Balaban J connectivity index is 1.34. The summed E-state index contributed by atoms with van der Waals surface area (Å²) in [4.78, 5) is 34.7. The van der Waals surface area contributed by atoms with Gasteiger partial charge < -0.3 is 20.1 Å². The van der Waals surface area contributed by atoms with Gasteiger partial charge in [-0.25, -0.2) is 9.78 Å². The molecule has 1 aromatic carbocycles. The molecule has 4 rings (SSSR count). The van der Waals surface area contributed by atoms with E-state index in [4.69, 9.17) is 9.47 Å². The van der Waals surface area contributed by atoms with Crippen LogP contribution in [0.2, 0.25) is 0 Å². The molecule has 0 unspecified atom stereocenters. The number of carbonyl (C=O) groups is 2. The van der Waals surface area contributed by atoms with Gasteiger partial charge in [0.25, 0.3) is 5.91 Å². The van der Waals surface area contributed by atoms with E-state index in [1.807, 2.05) is 12.1 Å². The van der Waals surface area contributed by atoms with Crippen LogP contribution in [0, 0.1) is 0 Å². The topological polar surface area (TPSA) is 118 Å². The molecule has 1 saturated heterocycles. The Labute approximate surface area is 188 Å². The fraction of sp³-hybridized carbons (Fsp3) is 0.333. The summed E-state index contributed by atoms with van der Waals surface area (Å²) in [5.41, 5.74) is 1.03. The molecule has 2 aromatic heterocycles. The minimum Gasteiger partial charge on any atom is -0.457 e. The summed E-state index contributed by atoms with van der Waals surface area (Å²) in [6, 6.07) is 8.42. The number of thiazole rings is 1. The maximum atomic E-state index is 12.2. The van der Waals surface area contributed by atoms with Crippen LogP contribution in [0.5, 0.6) is 11.5 Å². The largest absolute Gasteiger partial charge is 0.457 e. The van der Waals surface area contributed by atoms with E-state index in [2.05, 4.69) is 30.8 Å². The van der Waals surface area contributed by atoms with Crippen molar-refractivity contribution >= 4 is 38.6 Å². The van der Waals surface area contributed by atoms with Crippen LogP contribution in [0.1, 0.15) is 10.5 Å². The van der Waals surface area contributed by atoms with E-state index < -0.39 is 0 Å². The fourth-order valence-electron chi connectivity index (χ4n) is 3.18. The third-order valence-electron chi connectivity index (χ3n) is 4.82. The van der Waals surface area contributed by atoms with Crippen LogP contribution < -0.4 is 20.7 Å². The van der Waals surface area contributed by atoms with Crippen LogP contribution in [0.3, 0.4) is 0 Å². The molecule has 0 atom stereocenters. The molecule has 0 saturated carbocycles. The van der Waals surface area contributed by atoms with Crippen LogP contribution in [0.25, 0.3) is 10.2 Å². The predicted molar refractivity (Wildman–Crippen MR) is 122 cm³/mol. The van der Waals surface area contributed by atoms with E-state index in [1.165, 1.54) is 17.5 Å². The van der Waals surface area contributed by atoms with Gasteiger partial charge in [-0.3, -0.25) is 20.0 Å². The van der Waals surface area contributed by atoms with Crippen LogP contribution in [-0.4, -0.2) is 73.2 Å². The monoisotopic (exact) mass is 456 g/mol. The molecule has 0 aliphatic carbocycles. The van der Waals surface area contributed by atoms with Crippen molar-refractivity contribution in [1.29, 1.82) is 0 Å². The first kappa shape index (κ1) is 21.9. The second-order valence-corrected chi connectivity index (χ2v) is 8.07. The maximum Gasteiger partial charge on any atom is 0.321 e. The predicted octanol–water partition coefficient (Wildman–Crippen LogP) is 2.30. The van der Waals surface area contributed by atoms with E-state index in [-0.39, 0.29) is 17.6 Å². The lowest BCUT2D eigenvalue weighted by molar-refractivity contribution is 0.0388. The minimum atomic E-state index is -0.285. The van der Waals surface area contributed by atoms with Gasteiger partial charge in [-0.15, -0.1) is 0 Å². The fourth-order valence-corrected chi connectivity index (χ4v) is 4.07. The molecule has 0 radical (unpaired) electrons. The zero-order valence-electron chi connectivity index (χ0n) is 17.6. The average Bonchev–Trinajstić information content (AvgIpc) is 3.20. The number of nitrogens with one attached hydrogen (secondary N) is 3. The maximum absolute atomic E-state index is 12.2. The molecule has 1 aliphatic rings. The van der Waals surface area contributed by atoms with Crippen molar-refractivity contribution in [2.45, 2.75) is 0 Å². The number of anilines is 1. The number of hydrogen-bond donors (Lipinski definition) is 3. The number of pyridine rings is 1. The Hall–Kier alpha value is -3.28. The lowest BCUT2D eigenvalue weighted by Crippen LogP contribution is -2.42. The molecule has 0 bridgehead atoms. The van der Waals surface area contributed by atoms with Crippen molar-refractivity contribution in [3.8, 4) is 11.5 Å². The Morgan fingerprint density at radius 1 is 1.19 bits per heavy atom. The molecule has 3 amide bonds. The molecule has 3 heterocycles. The number of fused-ring (bicyclic) bond motifs is 1. The van der Waals surface area contributed by atoms with Crippen molar-refractivity contribution in [2.75, 3.05) is 51.8 Å². The number of amides is 3. The van der Waals surface area contributed by atoms with Crippen molar-refractivity contribution in [3.63, 3.8) is 0 Å². The van der Waals surface area contributed by atoms with Crippen molar-refractivity contribution in [1.82, 2.24) is 25.5 Å². The molecule has 32 heavy (non-hydrogen) atoms. The smallest absolute Gasteiger partial charge is 0.321 e. The Morgan fingerprint density at radius 3 is 2.81 bits per heavy atom. The normalized spacial score (nSPS) is 14.2.